The van der Waals surface area contributed by atoms with Gasteiger partial charge >= 0.3 is 0 Å². The number of aliphatic hydroxyl groups excluding tert-OH is 1. The second kappa shape index (κ2) is 5.98. The molecule has 1 heterocycles. The molecule has 106 valence electrons. The number of rotatable bonds is 3. The summed E-state index contributed by atoms with van der Waals surface area (Å²) in [6, 6.07) is 7.80. The van der Waals surface area contributed by atoms with Gasteiger partial charge in [0.2, 0.25) is 0 Å². The molecule has 1 fully saturated rings. The van der Waals surface area contributed by atoms with Gasteiger partial charge in [-0.3, -0.25) is 4.98 Å². The minimum Gasteiger partial charge on any atom is -0.393 e. The maximum Gasteiger partial charge on any atom is 0.0737 e. The number of nitrogens with one attached hydrogen (secondary N) is 1. The van der Waals surface area contributed by atoms with Gasteiger partial charge in [0.25, 0.3) is 0 Å². The van der Waals surface area contributed by atoms with Crippen LogP contribution >= 0.6 is 11.6 Å². The molecule has 20 heavy (non-hydrogen) atoms. The zero-order valence-corrected chi connectivity index (χ0v) is 12.1. The van der Waals surface area contributed by atoms with E-state index in [4.69, 9.17) is 11.6 Å². The highest BCUT2D eigenvalue weighted by Crippen LogP contribution is 2.27. The molecule has 1 aliphatic carbocycles. The SMILES string of the molecule is OC1CCC(CNc2ccnc3cc(Cl)ccc23)CC1. The molecule has 0 atom stereocenters. The molecule has 3 nitrogen and oxygen atoms in total. The van der Waals surface area contributed by atoms with Crippen LogP contribution in [0.5, 0.6) is 0 Å². The summed E-state index contributed by atoms with van der Waals surface area (Å²) in [5.74, 6) is 0.647. The Morgan fingerprint density at radius 2 is 2.00 bits per heavy atom. The van der Waals surface area contributed by atoms with Gasteiger partial charge in [-0.15, -0.1) is 0 Å². The Labute approximate surface area is 124 Å². The first-order valence-electron chi connectivity index (χ1n) is 7.18. The Kier molecular flexibility index (Phi) is 4.08. The molecule has 0 bridgehead atoms. The number of anilines is 1. The van der Waals surface area contributed by atoms with E-state index < -0.39 is 0 Å². The third-order valence-corrected chi connectivity index (χ3v) is 4.34. The van der Waals surface area contributed by atoms with E-state index in [1.165, 1.54) is 0 Å². The summed E-state index contributed by atoms with van der Waals surface area (Å²) in [5.41, 5.74) is 2.03. The van der Waals surface area contributed by atoms with Crippen molar-refractivity contribution in [3.8, 4) is 0 Å². The number of benzene rings is 1. The molecular weight excluding hydrogens is 272 g/mol. The van der Waals surface area contributed by atoms with Crippen molar-refractivity contribution in [3.63, 3.8) is 0 Å². The molecule has 3 rings (SSSR count). The second-order valence-corrected chi connectivity index (χ2v) is 6.01. The molecule has 0 saturated heterocycles. The van der Waals surface area contributed by atoms with Crippen LogP contribution in [0.4, 0.5) is 5.69 Å². The number of hydrogen-bond donors (Lipinski definition) is 2. The maximum atomic E-state index is 9.54. The fraction of sp³-hybridized carbons (Fsp3) is 0.438. The Hall–Kier alpha value is -1.32. The number of hydrogen-bond acceptors (Lipinski definition) is 3. The van der Waals surface area contributed by atoms with E-state index in [1.807, 2.05) is 30.5 Å². The van der Waals surface area contributed by atoms with Crippen LogP contribution in [0.3, 0.4) is 0 Å². The largest absolute Gasteiger partial charge is 0.393 e. The molecule has 0 unspecified atom stereocenters. The summed E-state index contributed by atoms with van der Waals surface area (Å²) in [6.07, 6.45) is 5.78. The molecule has 4 heteroatoms. The minimum absolute atomic E-state index is 0.0878. The van der Waals surface area contributed by atoms with Gasteiger partial charge in [0.05, 0.1) is 11.6 Å². The number of halogens is 1. The fourth-order valence-corrected chi connectivity index (χ4v) is 3.05. The van der Waals surface area contributed by atoms with Crippen LogP contribution in [0.25, 0.3) is 10.9 Å². The van der Waals surface area contributed by atoms with E-state index in [9.17, 15) is 5.11 Å². The number of nitrogens with zero attached hydrogens (tertiary/aromatic N) is 1. The topological polar surface area (TPSA) is 45.1 Å². The number of aromatic nitrogens is 1. The first-order chi connectivity index (χ1) is 9.72. The normalized spacial score (nSPS) is 22.9. The van der Waals surface area contributed by atoms with Crippen molar-refractivity contribution in [2.75, 3.05) is 11.9 Å². The third kappa shape index (κ3) is 3.05. The number of fused-ring (bicyclic) bond motifs is 1. The molecule has 2 N–H and O–H groups in total. The predicted octanol–water partition coefficient (Wildman–Crippen LogP) is 3.85. The smallest absolute Gasteiger partial charge is 0.0737 e. The van der Waals surface area contributed by atoms with Crippen LogP contribution < -0.4 is 5.32 Å². The number of aliphatic hydroxyl groups is 1. The molecule has 1 aromatic heterocycles. The van der Waals surface area contributed by atoms with Gasteiger partial charge in [-0.1, -0.05) is 11.6 Å². The monoisotopic (exact) mass is 290 g/mol. The minimum atomic E-state index is -0.0878. The molecule has 0 spiro atoms. The van der Waals surface area contributed by atoms with Gasteiger partial charge in [0.1, 0.15) is 0 Å². The third-order valence-electron chi connectivity index (χ3n) is 4.10. The van der Waals surface area contributed by atoms with Gasteiger partial charge in [-0.05, 0) is 55.9 Å². The molecule has 1 saturated carbocycles. The van der Waals surface area contributed by atoms with Crippen molar-refractivity contribution in [2.45, 2.75) is 31.8 Å². The van der Waals surface area contributed by atoms with Crippen LogP contribution in [0.2, 0.25) is 5.02 Å². The van der Waals surface area contributed by atoms with E-state index in [2.05, 4.69) is 10.3 Å². The molecule has 0 amide bonds. The van der Waals surface area contributed by atoms with E-state index in [1.54, 1.807) is 0 Å². The quantitative estimate of drug-likeness (QED) is 0.902. The van der Waals surface area contributed by atoms with Crippen molar-refractivity contribution >= 4 is 28.2 Å². The van der Waals surface area contributed by atoms with Crippen LogP contribution in [0, 0.1) is 5.92 Å². The van der Waals surface area contributed by atoms with E-state index in [-0.39, 0.29) is 6.10 Å². The molecule has 0 radical (unpaired) electrons. The molecule has 1 aromatic carbocycles. The number of pyridine rings is 1. The molecule has 0 aliphatic heterocycles. The van der Waals surface area contributed by atoms with Gasteiger partial charge in [-0.2, -0.15) is 0 Å². The highest BCUT2D eigenvalue weighted by Gasteiger charge is 2.19. The average Bonchev–Trinajstić information content (AvgIpc) is 2.46. The highest BCUT2D eigenvalue weighted by molar-refractivity contribution is 6.31. The lowest BCUT2D eigenvalue weighted by Gasteiger charge is -2.26. The standard InChI is InChI=1S/C16H19ClN2O/c17-12-3-6-14-15(7-8-18-16(14)9-12)19-10-11-1-4-13(20)5-2-11/h3,6-9,11,13,20H,1-2,4-5,10H2,(H,18,19). The lowest BCUT2D eigenvalue weighted by Crippen LogP contribution is -2.23. The lowest BCUT2D eigenvalue weighted by atomic mass is 9.87. The summed E-state index contributed by atoms with van der Waals surface area (Å²) in [6.45, 7) is 0.953. The Bertz CT molecular complexity index is 594. The van der Waals surface area contributed by atoms with Crippen LogP contribution in [0.15, 0.2) is 30.5 Å². The summed E-state index contributed by atoms with van der Waals surface area (Å²) in [4.78, 5) is 4.35. The van der Waals surface area contributed by atoms with E-state index >= 15 is 0 Å². The zero-order chi connectivity index (χ0) is 13.9. The molecular formula is C16H19ClN2O. The first-order valence-corrected chi connectivity index (χ1v) is 7.56. The van der Waals surface area contributed by atoms with Crippen molar-refractivity contribution in [3.05, 3.63) is 35.5 Å². The van der Waals surface area contributed by atoms with Crippen molar-refractivity contribution in [2.24, 2.45) is 5.92 Å². The van der Waals surface area contributed by atoms with Gasteiger partial charge in [0, 0.05) is 28.8 Å². The lowest BCUT2D eigenvalue weighted by molar-refractivity contribution is 0.111. The van der Waals surface area contributed by atoms with Crippen LogP contribution in [-0.2, 0) is 0 Å². The van der Waals surface area contributed by atoms with E-state index in [0.29, 0.717) is 10.9 Å². The van der Waals surface area contributed by atoms with Crippen LogP contribution in [0.1, 0.15) is 25.7 Å². The Morgan fingerprint density at radius 1 is 1.20 bits per heavy atom. The summed E-state index contributed by atoms with van der Waals surface area (Å²) >= 11 is 6.00. The first kappa shape index (κ1) is 13.7. The Balaban J connectivity index is 1.71. The van der Waals surface area contributed by atoms with E-state index in [0.717, 1.165) is 48.8 Å². The highest BCUT2D eigenvalue weighted by atomic mass is 35.5. The average molecular weight is 291 g/mol. The fourth-order valence-electron chi connectivity index (χ4n) is 2.88. The second-order valence-electron chi connectivity index (χ2n) is 5.58. The van der Waals surface area contributed by atoms with Crippen molar-refractivity contribution in [1.29, 1.82) is 0 Å². The zero-order valence-electron chi connectivity index (χ0n) is 11.3. The Morgan fingerprint density at radius 3 is 2.80 bits per heavy atom. The predicted molar refractivity (Wildman–Crippen MR) is 83.2 cm³/mol. The van der Waals surface area contributed by atoms with Gasteiger partial charge in [0.15, 0.2) is 0 Å². The van der Waals surface area contributed by atoms with Gasteiger partial charge < -0.3 is 10.4 Å². The summed E-state index contributed by atoms with van der Waals surface area (Å²) in [7, 11) is 0. The van der Waals surface area contributed by atoms with Crippen molar-refractivity contribution < 1.29 is 5.11 Å². The summed E-state index contributed by atoms with van der Waals surface area (Å²) in [5, 5.41) is 14.9. The van der Waals surface area contributed by atoms with Crippen LogP contribution in [-0.4, -0.2) is 22.7 Å². The summed E-state index contributed by atoms with van der Waals surface area (Å²) < 4.78 is 0. The molecule has 1 aliphatic rings. The van der Waals surface area contributed by atoms with Crippen molar-refractivity contribution in [1.82, 2.24) is 4.98 Å². The van der Waals surface area contributed by atoms with Gasteiger partial charge in [-0.25, -0.2) is 0 Å². The molecule has 2 aromatic rings. The maximum absolute atomic E-state index is 9.54.